The molecule has 2 N–H and O–H groups in total. The minimum Gasteiger partial charge on any atom is -0.379 e. The standard InChI is InChI=1S/C23H32N4O/c1-18-8-9-20(19(2)14-18)15-25-23(24-3)26-16-21-6-4-5-7-22(21)17-27-10-12-28-13-11-27/h4-9,14H,10-13,15-17H2,1-3H3,(H2,24,25,26). The zero-order valence-corrected chi connectivity index (χ0v) is 17.3. The molecule has 3 rings (SSSR count). The van der Waals surface area contributed by atoms with Gasteiger partial charge in [0.2, 0.25) is 0 Å². The maximum atomic E-state index is 5.46. The van der Waals surface area contributed by atoms with Crippen LogP contribution in [-0.4, -0.2) is 44.2 Å². The van der Waals surface area contributed by atoms with Gasteiger partial charge in [-0.05, 0) is 36.1 Å². The first-order valence-electron chi connectivity index (χ1n) is 10.0. The lowest BCUT2D eigenvalue weighted by atomic mass is 10.1. The van der Waals surface area contributed by atoms with Gasteiger partial charge in [0.15, 0.2) is 5.96 Å². The zero-order chi connectivity index (χ0) is 19.8. The molecule has 0 saturated carbocycles. The van der Waals surface area contributed by atoms with Gasteiger partial charge in [-0.3, -0.25) is 9.89 Å². The number of aliphatic imine (C=N–C) groups is 1. The summed E-state index contributed by atoms with van der Waals surface area (Å²) in [6.07, 6.45) is 0. The Morgan fingerprint density at radius 2 is 1.64 bits per heavy atom. The number of benzene rings is 2. The quantitative estimate of drug-likeness (QED) is 0.597. The van der Waals surface area contributed by atoms with Gasteiger partial charge >= 0.3 is 0 Å². The molecule has 150 valence electrons. The van der Waals surface area contributed by atoms with E-state index in [0.29, 0.717) is 0 Å². The summed E-state index contributed by atoms with van der Waals surface area (Å²) in [6.45, 7) is 10.4. The average molecular weight is 381 g/mol. The molecule has 1 fully saturated rings. The molecule has 0 aromatic heterocycles. The van der Waals surface area contributed by atoms with E-state index < -0.39 is 0 Å². The van der Waals surface area contributed by atoms with E-state index in [1.54, 1.807) is 0 Å². The molecule has 0 spiro atoms. The van der Waals surface area contributed by atoms with Crippen LogP contribution in [-0.2, 0) is 24.4 Å². The van der Waals surface area contributed by atoms with Crippen LogP contribution in [0.1, 0.15) is 27.8 Å². The molecule has 0 atom stereocenters. The molecule has 0 radical (unpaired) electrons. The Hall–Kier alpha value is -2.37. The molecule has 28 heavy (non-hydrogen) atoms. The number of nitrogens with one attached hydrogen (secondary N) is 2. The van der Waals surface area contributed by atoms with Crippen molar-refractivity contribution in [2.75, 3.05) is 33.4 Å². The van der Waals surface area contributed by atoms with Crippen LogP contribution in [0.25, 0.3) is 0 Å². The van der Waals surface area contributed by atoms with Crippen molar-refractivity contribution in [2.24, 2.45) is 4.99 Å². The first-order valence-corrected chi connectivity index (χ1v) is 10.0. The molecule has 0 amide bonds. The first kappa shape index (κ1) is 20.4. The minimum absolute atomic E-state index is 0.757. The predicted molar refractivity (Wildman–Crippen MR) is 115 cm³/mol. The SMILES string of the molecule is CN=C(NCc1ccc(C)cc1C)NCc1ccccc1CN1CCOCC1. The van der Waals surface area contributed by atoms with Gasteiger partial charge < -0.3 is 15.4 Å². The van der Waals surface area contributed by atoms with Gasteiger partial charge in [-0.15, -0.1) is 0 Å². The van der Waals surface area contributed by atoms with Crippen LogP contribution in [0.4, 0.5) is 0 Å². The number of aryl methyl sites for hydroxylation is 2. The molecular formula is C23H32N4O. The van der Waals surface area contributed by atoms with Crippen LogP contribution in [0.15, 0.2) is 47.5 Å². The second-order valence-electron chi connectivity index (χ2n) is 7.37. The fourth-order valence-electron chi connectivity index (χ4n) is 3.51. The topological polar surface area (TPSA) is 48.9 Å². The van der Waals surface area contributed by atoms with Crippen molar-refractivity contribution in [3.05, 3.63) is 70.3 Å². The molecule has 0 bridgehead atoms. The van der Waals surface area contributed by atoms with E-state index >= 15 is 0 Å². The van der Waals surface area contributed by atoms with Crippen LogP contribution < -0.4 is 10.6 Å². The van der Waals surface area contributed by atoms with E-state index in [-0.39, 0.29) is 0 Å². The monoisotopic (exact) mass is 380 g/mol. The fourth-order valence-corrected chi connectivity index (χ4v) is 3.51. The first-order chi connectivity index (χ1) is 13.7. The van der Waals surface area contributed by atoms with Crippen molar-refractivity contribution < 1.29 is 4.74 Å². The van der Waals surface area contributed by atoms with Crippen LogP contribution in [0.5, 0.6) is 0 Å². The van der Waals surface area contributed by atoms with Crippen LogP contribution >= 0.6 is 0 Å². The smallest absolute Gasteiger partial charge is 0.191 e. The summed E-state index contributed by atoms with van der Waals surface area (Å²) in [4.78, 5) is 6.83. The maximum absolute atomic E-state index is 5.46. The summed E-state index contributed by atoms with van der Waals surface area (Å²) in [5.41, 5.74) is 6.56. The third-order valence-electron chi connectivity index (χ3n) is 5.23. The zero-order valence-electron chi connectivity index (χ0n) is 17.3. The number of nitrogens with zero attached hydrogens (tertiary/aromatic N) is 2. The van der Waals surface area contributed by atoms with Crippen molar-refractivity contribution in [1.82, 2.24) is 15.5 Å². The molecule has 5 nitrogen and oxygen atoms in total. The van der Waals surface area contributed by atoms with Gasteiger partial charge in [-0.25, -0.2) is 0 Å². The molecule has 2 aromatic rings. The lowest BCUT2D eigenvalue weighted by Crippen LogP contribution is -2.37. The van der Waals surface area contributed by atoms with Crippen molar-refractivity contribution in [3.63, 3.8) is 0 Å². The maximum Gasteiger partial charge on any atom is 0.191 e. The summed E-state index contributed by atoms with van der Waals surface area (Å²) in [6, 6.07) is 15.2. The Morgan fingerprint density at radius 3 is 2.32 bits per heavy atom. The summed E-state index contributed by atoms with van der Waals surface area (Å²) in [5, 5.41) is 6.89. The highest BCUT2D eigenvalue weighted by Crippen LogP contribution is 2.13. The predicted octanol–water partition coefficient (Wildman–Crippen LogP) is 3.00. The van der Waals surface area contributed by atoms with Gasteiger partial charge in [0.25, 0.3) is 0 Å². The van der Waals surface area contributed by atoms with E-state index in [4.69, 9.17) is 4.74 Å². The highest BCUT2D eigenvalue weighted by molar-refractivity contribution is 5.79. The second kappa shape index (κ2) is 10.2. The van der Waals surface area contributed by atoms with Crippen molar-refractivity contribution in [3.8, 4) is 0 Å². The summed E-state index contributed by atoms with van der Waals surface area (Å²) in [5.74, 6) is 0.821. The normalized spacial score (nSPS) is 15.5. The Bertz CT molecular complexity index is 797. The number of morpholine rings is 1. The second-order valence-corrected chi connectivity index (χ2v) is 7.37. The van der Waals surface area contributed by atoms with Gasteiger partial charge in [0.1, 0.15) is 0 Å². The largest absolute Gasteiger partial charge is 0.379 e. The van der Waals surface area contributed by atoms with E-state index in [9.17, 15) is 0 Å². The van der Waals surface area contributed by atoms with Gasteiger partial charge in [0.05, 0.1) is 13.2 Å². The van der Waals surface area contributed by atoms with E-state index in [1.165, 1.54) is 27.8 Å². The summed E-state index contributed by atoms with van der Waals surface area (Å²) >= 11 is 0. The third-order valence-corrected chi connectivity index (χ3v) is 5.23. The highest BCUT2D eigenvalue weighted by Gasteiger charge is 2.12. The Morgan fingerprint density at radius 1 is 0.964 bits per heavy atom. The molecule has 0 unspecified atom stereocenters. The van der Waals surface area contributed by atoms with E-state index in [1.807, 2.05) is 7.05 Å². The molecule has 0 aliphatic carbocycles. The van der Waals surface area contributed by atoms with Crippen molar-refractivity contribution >= 4 is 5.96 Å². The van der Waals surface area contributed by atoms with Crippen LogP contribution in [0.2, 0.25) is 0 Å². The Labute approximate surface area is 168 Å². The van der Waals surface area contributed by atoms with Crippen molar-refractivity contribution in [2.45, 2.75) is 33.5 Å². The third kappa shape index (κ3) is 5.81. The van der Waals surface area contributed by atoms with Crippen LogP contribution in [0.3, 0.4) is 0 Å². The molecular weight excluding hydrogens is 348 g/mol. The Balaban J connectivity index is 1.56. The fraction of sp³-hybridized carbons (Fsp3) is 0.435. The van der Waals surface area contributed by atoms with Crippen molar-refractivity contribution in [1.29, 1.82) is 0 Å². The van der Waals surface area contributed by atoms with Crippen LogP contribution in [0, 0.1) is 13.8 Å². The number of hydrogen-bond acceptors (Lipinski definition) is 3. The molecule has 5 heteroatoms. The highest BCUT2D eigenvalue weighted by atomic mass is 16.5. The number of guanidine groups is 1. The molecule has 1 heterocycles. The lowest BCUT2D eigenvalue weighted by molar-refractivity contribution is 0.0341. The average Bonchev–Trinajstić information content (AvgIpc) is 2.71. The minimum atomic E-state index is 0.757. The van der Waals surface area contributed by atoms with E-state index in [0.717, 1.165) is 51.9 Å². The van der Waals surface area contributed by atoms with Gasteiger partial charge in [0, 0.05) is 39.8 Å². The molecule has 1 aliphatic rings. The Kier molecular flexibility index (Phi) is 7.46. The molecule has 2 aromatic carbocycles. The summed E-state index contributed by atoms with van der Waals surface area (Å²) < 4.78 is 5.46. The van der Waals surface area contributed by atoms with E-state index in [2.05, 4.69) is 76.8 Å². The summed E-state index contributed by atoms with van der Waals surface area (Å²) in [7, 11) is 1.82. The number of hydrogen-bond donors (Lipinski definition) is 2. The number of ether oxygens (including phenoxy) is 1. The number of rotatable bonds is 6. The lowest BCUT2D eigenvalue weighted by Gasteiger charge is -2.27. The molecule has 1 aliphatic heterocycles. The van der Waals surface area contributed by atoms with Gasteiger partial charge in [-0.1, -0.05) is 48.0 Å². The molecule has 1 saturated heterocycles. The van der Waals surface area contributed by atoms with Gasteiger partial charge in [-0.2, -0.15) is 0 Å².